The van der Waals surface area contributed by atoms with Gasteiger partial charge in [-0.2, -0.15) is 13.2 Å². The molecule has 0 bridgehead atoms. The van der Waals surface area contributed by atoms with E-state index in [0.29, 0.717) is 5.92 Å². The summed E-state index contributed by atoms with van der Waals surface area (Å²) < 4.78 is 38.7. The summed E-state index contributed by atoms with van der Waals surface area (Å²) in [7, 11) is 0. The topological polar surface area (TPSA) is 40.5 Å². The molecule has 4 atom stereocenters. The Morgan fingerprint density at radius 1 is 1.20 bits per heavy atom. The average molecular weight is 356 g/mol. The lowest BCUT2D eigenvalue weighted by molar-refractivity contribution is -0.192. The molecule has 1 saturated carbocycles. The molecular formula is C20H27F3O2. The molecule has 0 aromatic carbocycles. The normalized spacial score (nSPS) is 34.3. The van der Waals surface area contributed by atoms with Crippen LogP contribution >= 0.6 is 0 Å². The smallest absolute Gasteiger partial charge is 0.392 e. The fourth-order valence-corrected chi connectivity index (χ4v) is 4.89. The number of allylic oxidation sites excluding steroid dienone is 4. The van der Waals surface area contributed by atoms with E-state index >= 15 is 0 Å². The summed E-state index contributed by atoms with van der Waals surface area (Å²) in [6.45, 7) is 6.54. The standard InChI is InChI=1S/C20H27F3O2/c1-11(2)13-6-8-19(3)9-7-14-15(17(13)19)5-4-12(10-16(14)24)18(25)20(21,22)23/h4-5,11,14,16,18,24-25H,6-10H2,1-3H3. The van der Waals surface area contributed by atoms with Gasteiger partial charge in [0.2, 0.25) is 0 Å². The molecule has 0 heterocycles. The van der Waals surface area contributed by atoms with Gasteiger partial charge in [0.15, 0.2) is 6.10 Å². The summed E-state index contributed by atoms with van der Waals surface area (Å²) in [6.07, 6.45) is -1.27. The van der Waals surface area contributed by atoms with Crippen molar-refractivity contribution in [1.29, 1.82) is 0 Å². The number of alkyl halides is 3. The molecule has 0 amide bonds. The number of hydrogen-bond acceptors (Lipinski definition) is 2. The van der Waals surface area contributed by atoms with E-state index in [1.807, 2.05) is 0 Å². The van der Waals surface area contributed by atoms with Crippen molar-refractivity contribution < 1.29 is 23.4 Å². The van der Waals surface area contributed by atoms with Crippen LogP contribution in [0.15, 0.2) is 34.4 Å². The summed E-state index contributed by atoms with van der Waals surface area (Å²) >= 11 is 0. The van der Waals surface area contributed by atoms with Crippen LogP contribution in [0.2, 0.25) is 0 Å². The average Bonchev–Trinajstić information content (AvgIpc) is 2.78. The minimum Gasteiger partial charge on any atom is -0.392 e. The highest BCUT2D eigenvalue weighted by atomic mass is 19.4. The highest BCUT2D eigenvalue weighted by molar-refractivity contribution is 5.50. The first-order chi connectivity index (χ1) is 11.5. The Balaban J connectivity index is 2.06. The fourth-order valence-electron chi connectivity index (χ4n) is 4.89. The van der Waals surface area contributed by atoms with E-state index in [-0.39, 0.29) is 23.3 Å². The number of hydrogen-bond donors (Lipinski definition) is 2. The molecule has 3 rings (SSSR count). The van der Waals surface area contributed by atoms with Gasteiger partial charge in [-0.1, -0.05) is 38.5 Å². The van der Waals surface area contributed by atoms with Gasteiger partial charge in [0.25, 0.3) is 0 Å². The summed E-state index contributed by atoms with van der Waals surface area (Å²) in [5.41, 5.74) is 3.54. The van der Waals surface area contributed by atoms with Gasteiger partial charge in [0.05, 0.1) is 6.10 Å². The van der Waals surface area contributed by atoms with Crippen LogP contribution in [-0.4, -0.2) is 28.6 Å². The van der Waals surface area contributed by atoms with Crippen LogP contribution in [0.4, 0.5) is 13.2 Å². The molecule has 140 valence electrons. The maximum Gasteiger partial charge on any atom is 0.418 e. The lowest BCUT2D eigenvalue weighted by Crippen LogP contribution is -2.35. The lowest BCUT2D eigenvalue weighted by Gasteiger charge is -2.41. The molecule has 25 heavy (non-hydrogen) atoms. The maximum atomic E-state index is 12.9. The molecule has 2 nitrogen and oxygen atoms in total. The van der Waals surface area contributed by atoms with Gasteiger partial charge in [0.1, 0.15) is 0 Å². The highest BCUT2D eigenvalue weighted by Crippen LogP contribution is 2.57. The fraction of sp³-hybridized carbons (Fsp3) is 0.700. The van der Waals surface area contributed by atoms with Crippen molar-refractivity contribution in [2.24, 2.45) is 17.3 Å². The zero-order valence-electron chi connectivity index (χ0n) is 15.0. The number of aliphatic hydroxyl groups excluding tert-OH is 2. The third-order valence-electron chi connectivity index (χ3n) is 6.31. The highest BCUT2D eigenvalue weighted by Gasteiger charge is 2.47. The van der Waals surface area contributed by atoms with E-state index in [2.05, 4.69) is 20.8 Å². The second-order valence-electron chi connectivity index (χ2n) is 8.34. The van der Waals surface area contributed by atoms with Crippen LogP contribution in [0.25, 0.3) is 0 Å². The van der Waals surface area contributed by atoms with Crippen LogP contribution < -0.4 is 0 Å². The Labute approximate surface area is 147 Å². The van der Waals surface area contributed by atoms with Crippen molar-refractivity contribution in [2.75, 3.05) is 0 Å². The molecule has 5 heteroatoms. The molecule has 0 radical (unpaired) electrons. The number of rotatable bonds is 2. The van der Waals surface area contributed by atoms with E-state index in [9.17, 15) is 23.4 Å². The molecule has 0 aromatic rings. The zero-order chi connectivity index (χ0) is 18.6. The summed E-state index contributed by atoms with van der Waals surface area (Å²) in [5.74, 6) is 0.241. The van der Waals surface area contributed by atoms with E-state index in [1.54, 1.807) is 6.08 Å². The SMILES string of the molecule is CC(C)C1=C2C3=CC=C(C(O)C(F)(F)F)CC(O)C3CCC2(C)CC1. The van der Waals surface area contributed by atoms with Crippen LogP contribution in [-0.2, 0) is 0 Å². The van der Waals surface area contributed by atoms with Crippen LogP contribution in [0.5, 0.6) is 0 Å². The Morgan fingerprint density at radius 2 is 1.88 bits per heavy atom. The van der Waals surface area contributed by atoms with Gasteiger partial charge >= 0.3 is 6.18 Å². The van der Waals surface area contributed by atoms with Crippen LogP contribution in [0.3, 0.4) is 0 Å². The molecule has 0 spiro atoms. The molecule has 0 aromatic heterocycles. The maximum absolute atomic E-state index is 12.9. The van der Waals surface area contributed by atoms with Gasteiger partial charge in [-0.3, -0.25) is 0 Å². The lowest BCUT2D eigenvalue weighted by atomic mass is 9.64. The second kappa shape index (κ2) is 6.27. The number of halogens is 3. The summed E-state index contributed by atoms with van der Waals surface area (Å²) in [6, 6.07) is 0. The first-order valence-corrected chi connectivity index (χ1v) is 9.12. The van der Waals surface area contributed by atoms with Gasteiger partial charge < -0.3 is 10.2 Å². The zero-order valence-corrected chi connectivity index (χ0v) is 15.0. The van der Waals surface area contributed by atoms with Crippen molar-refractivity contribution in [3.63, 3.8) is 0 Å². The first-order valence-electron chi connectivity index (χ1n) is 9.12. The van der Waals surface area contributed by atoms with E-state index in [0.717, 1.165) is 31.3 Å². The van der Waals surface area contributed by atoms with E-state index in [4.69, 9.17) is 0 Å². The second-order valence-corrected chi connectivity index (χ2v) is 8.34. The minimum absolute atomic E-state index is 0.0582. The summed E-state index contributed by atoms with van der Waals surface area (Å²) in [5, 5.41) is 20.2. The predicted molar refractivity (Wildman–Crippen MR) is 90.8 cm³/mol. The predicted octanol–water partition coefficient (Wildman–Crippen LogP) is 4.69. The van der Waals surface area contributed by atoms with Crippen molar-refractivity contribution >= 4 is 0 Å². The Kier molecular flexibility index (Phi) is 4.70. The Morgan fingerprint density at radius 3 is 2.48 bits per heavy atom. The first kappa shape index (κ1) is 18.7. The quantitative estimate of drug-likeness (QED) is 0.754. The monoisotopic (exact) mass is 356 g/mol. The van der Waals surface area contributed by atoms with Crippen molar-refractivity contribution in [1.82, 2.24) is 0 Å². The molecule has 0 aliphatic heterocycles. The molecular weight excluding hydrogens is 329 g/mol. The molecule has 3 aliphatic rings. The number of aliphatic hydroxyl groups is 2. The Bertz CT molecular complexity index is 642. The van der Waals surface area contributed by atoms with Crippen molar-refractivity contribution in [3.8, 4) is 0 Å². The van der Waals surface area contributed by atoms with E-state index in [1.165, 1.54) is 17.2 Å². The third-order valence-corrected chi connectivity index (χ3v) is 6.31. The molecule has 4 unspecified atom stereocenters. The van der Waals surface area contributed by atoms with Crippen molar-refractivity contribution in [3.05, 3.63) is 34.4 Å². The number of fused-ring (bicyclic) bond motifs is 3. The largest absolute Gasteiger partial charge is 0.418 e. The molecule has 2 N–H and O–H groups in total. The van der Waals surface area contributed by atoms with E-state index < -0.39 is 18.4 Å². The van der Waals surface area contributed by atoms with Crippen molar-refractivity contribution in [2.45, 2.75) is 71.3 Å². The molecule has 0 saturated heterocycles. The minimum atomic E-state index is -4.70. The van der Waals surface area contributed by atoms with Crippen LogP contribution in [0.1, 0.15) is 52.9 Å². The van der Waals surface area contributed by atoms with Crippen LogP contribution in [0, 0.1) is 17.3 Å². The molecule has 1 fully saturated rings. The van der Waals surface area contributed by atoms with Gasteiger partial charge in [0, 0.05) is 5.92 Å². The summed E-state index contributed by atoms with van der Waals surface area (Å²) in [4.78, 5) is 0. The van der Waals surface area contributed by atoms with Gasteiger partial charge in [-0.25, -0.2) is 0 Å². The van der Waals surface area contributed by atoms with Gasteiger partial charge in [-0.05, 0) is 60.2 Å². The third kappa shape index (κ3) is 3.21. The Hall–Kier alpha value is -1.07. The molecule has 3 aliphatic carbocycles. The van der Waals surface area contributed by atoms with Gasteiger partial charge in [-0.15, -0.1) is 0 Å².